The van der Waals surface area contributed by atoms with E-state index in [9.17, 15) is 24.0 Å². The fraction of sp³-hybridized carbons (Fsp3) is 0.500. The number of pyridine rings is 1. The van der Waals surface area contributed by atoms with Gasteiger partial charge in [-0.15, -0.1) is 0 Å². The molecule has 0 fully saturated rings. The maximum Gasteiger partial charge on any atom is 0.327 e. The summed E-state index contributed by atoms with van der Waals surface area (Å²) in [6, 6.07) is 1.88. The van der Waals surface area contributed by atoms with Crippen LogP contribution in [0.3, 0.4) is 0 Å². The lowest BCUT2D eigenvalue weighted by molar-refractivity contribution is -0.131. The number of carboxylic acid groups (broad SMARTS) is 1. The maximum atomic E-state index is 12.7. The molecule has 0 saturated carbocycles. The van der Waals surface area contributed by atoms with Crippen LogP contribution in [-0.2, 0) is 25.7 Å². The van der Waals surface area contributed by atoms with E-state index in [1.165, 1.54) is 29.0 Å². The lowest BCUT2D eigenvalue weighted by atomic mass is 10.0. The second-order valence-corrected chi connectivity index (χ2v) is 7.47. The number of anilines is 1. The molecule has 11 nitrogen and oxygen atoms in total. The summed E-state index contributed by atoms with van der Waals surface area (Å²) in [5.41, 5.74) is 4.67. The number of nitrogens with two attached hydrogens (primary N) is 1. The fourth-order valence-electron chi connectivity index (χ4n) is 2.99. The van der Waals surface area contributed by atoms with Crippen molar-refractivity contribution >= 4 is 29.4 Å². The van der Waals surface area contributed by atoms with Crippen molar-refractivity contribution in [2.75, 3.05) is 18.4 Å². The number of aromatic nitrogens is 1. The Morgan fingerprint density at radius 2 is 1.88 bits per heavy atom. The van der Waals surface area contributed by atoms with E-state index in [1.54, 1.807) is 0 Å². The summed E-state index contributed by atoms with van der Waals surface area (Å²) in [5, 5.41) is 16.4. The molecule has 0 spiro atoms. The average Bonchev–Trinajstić information content (AvgIpc) is 2.78. The second kappa shape index (κ2) is 14.6. The summed E-state index contributed by atoms with van der Waals surface area (Å²) < 4.78 is 1.18. The van der Waals surface area contributed by atoms with Crippen molar-refractivity contribution < 1.29 is 24.3 Å². The Bertz CT molecular complexity index is 907. The van der Waals surface area contributed by atoms with Gasteiger partial charge >= 0.3 is 5.97 Å². The molecule has 1 unspecified atom stereocenters. The fourth-order valence-corrected chi connectivity index (χ4v) is 2.99. The highest BCUT2D eigenvalue weighted by Gasteiger charge is 2.21. The Morgan fingerprint density at radius 1 is 1.18 bits per heavy atom. The summed E-state index contributed by atoms with van der Waals surface area (Å²) in [7, 11) is 0. The van der Waals surface area contributed by atoms with Crippen LogP contribution >= 0.6 is 0 Å². The van der Waals surface area contributed by atoms with E-state index in [1.807, 2.05) is 13.8 Å². The smallest absolute Gasteiger partial charge is 0.327 e. The summed E-state index contributed by atoms with van der Waals surface area (Å²) in [6.45, 7) is 4.08. The van der Waals surface area contributed by atoms with Crippen LogP contribution in [-0.4, -0.2) is 52.5 Å². The third-order valence-electron chi connectivity index (χ3n) is 5.05. The van der Waals surface area contributed by atoms with Crippen molar-refractivity contribution in [3.05, 3.63) is 40.8 Å². The van der Waals surface area contributed by atoms with Gasteiger partial charge in [0.25, 0.3) is 5.56 Å². The van der Waals surface area contributed by atoms with Crippen molar-refractivity contribution in [2.24, 2.45) is 11.7 Å². The van der Waals surface area contributed by atoms with Gasteiger partial charge in [0.05, 0.1) is 6.54 Å². The molecule has 0 aliphatic carbocycles. The molecule has 1 heterocycles. The van der Waals surface area contributed by atoms with Crippen LogP contribution < -0.4 is 27.2 Å². The van der Waals surface area contributed by atoms with Crippen LogP contribution in [0.2, 0.25) is 0 Å². The average molecular weight is 464 g/mol. The molecular weight excluding hydrogens is 430 g/mol. The van der Waals surface area contributed by atoms with E-state index in [2.05, 4.69) is 16.0 Å². The minimum absolute atomic E-state index is 0.0524. The Hall–Kier alpha value is -3.47. The largest absolute Gasteiger partial charge is 0.478 e. The number of aliphatic carboxylic acids is 1. The summed E-state index contributed by atoms with van der Waals surface area (Å²) in [4.78, 5) is 59.9. The number of allylic oxidation sites excluding steroid dienone is 1. The van der Waals surface area contributed by atoms with Gasteiger partial charge in [-0.25, -0.2) is 4.79 Å². The van der Waals surface area contributed by atoms with Gasteiger partial charge < -0.3 is 31.4 Å². The monoisotopic (exact) mass is 463 g/mol. The molecule has 1 aromatic rings. The number of nitrogens with zero attached hydrogens (tertiary/aromatic N) is 1. The molecule has 0 radical (unpaired) electrons. The Kier molecular flexibility index (Phi) is 12.2. The Morgan fingerprint density at radius 3 is 2.48 bits per heavy atom. The predicted octanol–water partition coefficient (Wildman–Crippen LogP) is 0.204. The number of carbonyl (C=O) groups is 4. The van der Waals surface area contributed by atoms with Crippen LogP contribution in [0.25, 0.3) is 0 Å². The minimum Gasteiger partial charge on any atom is -0.478 e. The molecule has 1 aromatic heterocycles. The van der Waals surface area contributed by atoms with Gasteiger partial charge in [-0.2, -0.15) is 0 Å². The van der Waals surface area contributed by atoms with Crippen LogP contribution in [0.15, 0.2) is 35.3 Å². The Labute approximate surface area is 192 Å². The third kappa shape index (κ3) is 10.1. The highest BCUT2D eigenvalue weighted by molar-refractivity contribution is 5.97. The lowest BCUT2D eigenvalue weighted by Crippen LogP contribution is -2.46. The molecule has 6 N–H and O–H groups in total. The van der Waals surface area contributed by atoms with Crippen LogP contribution in [0.5, 0.6) is 0 Å². The van der Waals surface area contributed by atoms with Crippen molar-refractivity contribution in [1.82, 2.24) is 15.2 Å². The molecule has 1 atom stereocenters. The standard InChI is InChI=1S/C22H33N5O6/c1-3-15(4-2)13-24-19(29)14-27-11-7-9-17(22(27)33)26-21(32)16(25-18(28)12-23)8-5-6-10-20(30)31/h6-7,9-11,15-16H,3-5,8,12-14,23H2,1-2H3,(H,24,29)(H,25,28)(H,26,32)(H,30,31)/b10-6+. The normalized spacial score (nSPS) is 11.9. The molecule has 0 bridgehead atoms. The SMILES string of the molecule is CCC(CC)CNC(=O)Cn1cccc(NC(=O)C(CC/C=C/C(=O)O)NC(=O)CN)c1=O. The van der Waals surface area contributed by atoms with E-state index in [0.29, 0.717) is 12.5 Å². The summed E-state index contributed by atoms with van der Waals surface area (Å²) >= 11 is 0. The van der Waals surface area contributed by atoms with Crippen molar-refractivity contribution in [3.63, 3.8) is 0 Å². The molecule has 0 aliphatic rings. The van der Waals surface area contributed by atoms with Crippen molar-refractivity contribution in [1.29, 1.82) is 0 Å². The van der Waals surface area contributed by atoms with Crippen molar-refractivity contribution in [3.8, 4) is 0 Å². The highest BCUT2D eigenvalue weighted by Crippen LogP contribution is 2.06. The predicted molar refractivity (Wildman–Crippen MR) is 123 cm³/mol. The van der Waals surface area contributed by atoms with Crippen LogP contribution in [0, 0.1) is 5.92 Å². The van der Waals surface area contributed by atoms with Crippen LogP contribution in [0.1, 0.15) is 39.5 Å². The van der Waals surface area contributed by atoms with Gasteiger partial charge in [-0.05, 0) is 30.9 Å². The number of carbonyl (C=O) groups excluding carboxylic acids is 3. The number of amides is 3. The zero-order valence-corrected chi connectivity index (χ0v) is 19.0. The summed E-state index contributed by atoms with van der Waals surface area (Å²) in [6.07, 6.45) is 5.90. The van der Waals surface area contributed by atoms with E-state index in [-0.39, 0.29) is 37.5 Å². The van der Waals surface area contributed by atoms with E-state index < -0.39 is 29.4 Å². The Balaban J connectivity index is 2.87. The number of carboxylic acids is 1. The summed E-state index contributed by atoms with van der Waals surface area (Å²) in [5.74, 6) is -2.31. The number of hydrogen-bond acceptors (Lipinski definition) is 6. The second-order valence-electron chi connectivity index (χ2n) is 7.47. The first-order valence-electron chi connectivity index (χ1n) is 10.9. The van der Waals surface area contributed by atoms with Gasteiger partial charge in [0.1, 0.15) is 18.3 Å². The molecule has 1 rings (SSSR count). The first-order chi connectivity index (χ1) is 15.7. The first kappa shape index (κ1) is 27.6. The number of hydrogen-bond donors (Lipinski definition) is 5. The molecular formula is C22H33N5O6. The zero-order chi connectivity index (χ0) is 24.8. The maximum absolute atomic E-state index is 12.7. The molecule has 182 valence electrons. The molecule has 3 amide bonds. The molecule has 0 aliphatic heterocycles. The van der Waals surface area contributed by atoms with Gasteiger partial charge in [0.15, 0.2) is 0 Å². The van der Waals surface area contributed by atoms with Gasteiger partial charge in [-0.3, -0.25) is 19.2 Å². The van der Waals surface area contributed by atoms with Gasteiger partial charge in [0, 0.05) is 18.8 Å². The molecule has 11 heteroatoms. The number of rotatable bonds is 14. The van der Waals surface area contributed by atoms with Crippen LogP contribution in [0.4, 0.5) is 5.69 Å². The highest BCUT2D eigenvalue weighted by atomic mass is 16.4. The zero-order valence-electron chi connectivity index (χ0n) is 19.0. The minimum atomic E-state index is -1.13. The lowest BCUT2D eigenvalue weighted by Gasteiger charge is -2.18. The van der Waals surface area contributed by atoms with E-state index in [0.717, 1.165) is 18.9 Å². The quantitative estimate of drug-likeness (QED) is 0.245. The van der Waals surface area contributed by atoms with E-state index in [4.69, 9.17) is 10.8 Å². The van der Waals surface area contributed by atoms with Crippen molar-refractivity contribution in [2.45, 2.75) is 52.1 Å². The molecule has 33 heavy (non-hydrogen) atoms. The van der Waals surface area contributed by atoms with Gasteiger partial charge in [0.2, 0.25) is 17.7 Å². The molecule has 0 aromatic carbocycles. The first-order valence-corrected chi connectivity index (χ1v) is 10.9. The number of nitrogens with one attached hydrogen (secondary N) is 3. The topological polar surface area (TPSA) is 173 Å². The van der Waals surface area contributed by atoms with E-state index >= 15 is 0 Å². The van der Waals surface area contributed by atoms with Gasteiger partial charge in [-0.1, -0.05) is 32.8 Å². The third-order valence-corrected chi connectivity index (χ3v) is 5.05. The molecule has 0 saturated heterocycles.